The Kier molecular flexibility index (Phi) is 2.68. The van der Waals surface area contributed by atoms with Gasteiger partial charge in [-0.2, -0.15) is 0 Å². The smallest absolute Gasteiger partial charge is 0.151 e. The van der Waals surface area contributed by atoms with Crippen molar-refractivity contribution in [3.8, 4) is 5.75 Å². The molecular weight excluding hydrogens is 258 g/mol. The van der Waals surface area contributed by atoms with Crippen molar-refractivity contribution in [1.82, 2.24) is 4.98 Å². The summed E-state index contributed by atoms with van der Waals surface area (Å²) in [4.78, 5) is 14.8. The number of benzene rings is 1. The molecule has 2 rings (SSSR count). The van der Waals surface area contributed by atoms with Crippen molar-refractivity contribution in [2.75, 3.05) is 7.11 Å². The number of methoxy groups -OCH3 is 1. The maximum absolute atomic E-state index is 10.6. The van der Waals surface area contributed by atoms with Gasteiger partial charge in [-0.05, 0) is 34.1 Å². The molecular formula is C11H8BrNO2. The summed E-state index contributed by atoms with van der Waals surface area (Å²) in [5.41, 5.74) is 1.33. The molecule has 2 aromatic rings. The third-order valence-corrected chi connectivity index (χ3v) is 2.78. The van der Waals surface area contributed by atoms with Crippen molar-refractivity contribution in [1.29, 1.82) is 0 Å². The number of carbonyl (C=O) groups excluding carboxylic acids is 1. The van der Waals surface area contributed by atoms with Gasteiger partial charge in [0.15, 0.2) is 6.29 Å². The Morgan fingerprint density at radius 2 is 2.27 bits per heavy atom. The molecule has 15 heavy (non-hydrogen) atoms. The SMILES string of the molecule is COc1ccc(Br)c2ncc(C=O)cc12. The topological polar surface area (TPSA) is 39.2 Å². The van der Waals surface area contributed by atoms with Crippen LogP contribution in [0, 0.1) is 0 Å². The summed E-state index contributed by atoms with van der Waals surface area (Å²) >= 11 is 3.40. The van der Waals surface area contributed by atoms with Crippen molar-refractivity contribution < 1.29 is 9.53 Å². The number of ether oxygens (including phenoxy) is 1. The van der Waals surface area contributed by atoms with E-state index in [2.05, 4.69) is 20.9 Å². The van der Waals surface area contributed by atoms with Crippen molar-refractivity contribution in [3.63, 3.8) is 0 Å². The summed E-state index contributed by atoms with van der Waals surface area (Å²) in [5.74, 6) is 0.712. The minimum atomic E-state index is 0.541. The van der Waals surface area contributed by atoms with Gasteiger partial charge in [0, 0.05) is 21.6 Å². The molecule has 1 aromatic carbocycles. The second-order valence-electron chi connectivity index (χ2n) is 3.03. The van der Waals surface area contributed by atoms with Crippen molar-refractivity contribution in [2.24, 2.45) is 0 Å². The van der Waals surface area contributed by atoms with Gasteiger partial charge in [-0.15, -0.1) is 0 Å². The lowest BCUT2D eigenvalue weighted by molar-refractivity contribution is 0.112. The first-order chi connectivity index (χ1) is 7.26. The molecule has 0 amide bonds. The normalized spacial score (nSPS) is 10.3. The van der Waals surface area contributed by atoms with Crippen LogP contribution in [0.1, 0.15) is 10.4 Å². The highest BCUT2D eigenvalue weighted by Crippen LogP contribution is 2.30. The summed E-state index contributed by atoms with van der Waals surface area (Å²) in [7, 11) is 1.59. The van der Waals surface area contributed by atoms with Gasteiger partial charge in [0.2, 0.25) is 0 Å². The number of carbonyl (C=O) groups is 1. The number of hydrogen-bond donors (Lipinski definition) is 0. The van der Waals surface area contributed by atoms with E-state index < -0.39 is 0 Å². The highest BCUT2D eigenvalue weighted by Gasteiger charge is 2.06. The minimum absolute atomic E-state index is 0.541. The first kappa shape index (κ1) is 10.1. The summed E-state index contributed by atoms with van der Waals surface area (Å²) < 4.78 is 6.09. The molecule has 0 N–H and O–H groups in total. The van der Waals surface area contributed by atoms with E-state index in [1.807, 2.05) is 12.1 Å². The number of halogens is 1. The van der Waals surface area contributed by atoms with Crippen molar-refractivity contribution >= 4 is 33.1 Å². The number of nitrogens with zero attached hydrogens (tertiary/aromatic N) is 1. The zero-order valence-electron chi connectivity index (χ0n) is 8.03. The molecule has 0 fully saturated rings. The Labute approximate surface area is 95.2 Å². The van der Waals surface area contributed by atoms with E-state index in [1.165, 1.54) is 0 Å². The van der Waals surface area contributed by atoms with E-state index in [1.54, 1.807) is 19.4 Å². The quantitative estimate of drug-likeness (QED) is 0.784. The highest BCUT2D eigenvalue weighted by molar-refractivity contribution is 9.10. The number of pyridine rings is 1. The predicted octanol–water partition coefficient (Wildman–Crippen LogP) is 2.82. The van der Waals surface area contributed by atoms with Crippen molar-refractivity contribution in [3.05, 3.63) is 34.4 Å². The fraction of sp³-hybridized carbons (Fsp3) is 0.0909. The van der Waals surface area contributed by atoms with Crippen LogP contribution in [-0.2, 0) is 0 Å². The monoisotopic (exact) mass is 265 g/mol. The van der Waals surface area contributed by atoms with E-state index in [-0.39, 0.29) is 0 Å². The molecule has 0 unspecified atom stereocenters. The number of hydrogen-bond acceptors (Lipinski definition) is 3. The zero-order valence-corrected chi connectivity index (χ0v) is 9.61. The Hall–Kier alpha value is -1.42. The molecule has 4 heteroatoms. The Morgan fingerprint density at radius 3 is 2.93 bits per heavy atom. The first-order valence-corrected chi connectivity index (χ1v) is 5.13. The number of aldehydes is 1. The van der Waals surface area contributed by atoms with Crippen molar-refractivity contribution in [2.45, 2.75) is 0 Å². The molecule has 1 heterocycles. The molecule has 0 atom stereocenters. The van der Waals surface area contributed by atoms with Gasteiger partial charge in [0.25, 0.3) is 0 Å². The van der Waals surface area contributed by atoms with Gasteiger partial charge in [-0.3, -0.25) is 9.78 Å². The van der Waals surface area contributed by atoms with Gasteiger partial charge in [0.1, 0.15) is 5.75 Å². The molecule has 0 aliphatic rings. The van der Waals surface area contributed by atoms with Gasteiger partial charge < -0.3 is 4.74 Å². The summed E-state index contributed by atoms with van der Waals surface area (Å²) in [6.45, 7) is 0. The Balaban J connectivity index is 2.82. The summed E-state index contributed by atoms with van der Waals surface area (Å²) in [5, 5.41) is 0.830. The predicted molar refractivity (Wildman–Crippen MR) is 61.4 cm³/mol. The lowest BCUT2D eigenvalue weighted by Crippen LogP contribution is -1.90. The minimum Gasteiger partial charge on any atom is -0.496 e. The fourth-order valence-electron chi connectivity index (χ4n) is 1.42. The highest BCUT2D eigenvalue weighted by atomic mass is 79.9. The molecule has 0 radical (unpaired) electrons. The third-order valence-electron chi connectivity index (χ3n) is 2.14. The maximum atomic E-state index is 10.6. The molecule has 1 aromatic heterocycles. The largest absolute Gasteiger partial charge is 0.496 e. The van der Waals surface area contributed by atoms with E-state index in [9.17, 15) is 4.79 Å². The Bertz CT molecular complexity index is 525. The van der Waals surface area contributed by atoms with Crippen LogP contribution < -0.4 is 4.74 Å². The second kappa shape index (κ2) is 3.98. The molecule has 0 bridgehead atoms. The number of aromatic nitrogens is 1. The lowest BCUT2D eigenvalue weighted by atomic mass is 10.1. The first-order valence-electron chi connectivity index (χ1n) is 4.33. The standard InChI is InChI=1S/C11H8BrNO2/c1-15-10-3-2-9(12)11-8(10)4-7(6-14)5-13-11/h2-6H,1H3. The van der Waals surface area contributed by atoms with Crippen LogP contribution in [0.4, 0.5) is 0 Å². The van der Waals surface area contributed by atoms with E-state index in [4.69, 9.17) is 4.74 Å². The molecule has 76 valence electrons. The molecule has 0 aliphatic heterocycles. The van der Waals surface area contributed by atoms with Crippen LogP contribution in [0.25, 0.3) is 10.9 Å². The molecule has 0 spiro atoms. The fourth-order valence-corrected chi connectivity index (χ4v) is 1.87. The molecule has 0 saturated carbocycles. The average Bonchev–Trinajstić information content (AvgIpc) is 2.29. The van der Waals surface area contributed by atoms with Crippen LogP contribution in [0.3, 0.4) is 0 Å². The van der Waals surface area contributed by atoms with E-state index in [0.29, 0.717) is 11.3 Å². The number of rotatable bonds is 2. The number of fused-ring (bicyclic) bond motifs is 1. The average molecular weight is 266 g/mol. The maximum Gasteiger partial charge on any atom is 0.151 e. The van der Waals surface area contributed by atoms with Gasteiger partial charge in [-0.1, -0.05) is 0 Å². The third kappa shape index (κ3) is 1.72. The van der Waals surface area contributed by atoms with Gasteiger partial charge in [-0.25, -0.2) is 0 Å². The van der Waals surface area contributed by atoms with Crippen LogP contribution in [0.15, 0.2) is 28.9 Å². The summed E-state index contributed by atoms with van der Waals surface area (Å²) in [6.07, 6.45) is 2.31. The van der Waals surface area contributed by atoms with Crippen LogP contribution in [-0.4, -0.2) is 18.4 Å². The zero-order chi connectivity index (χ0) is 10.8. The molecule has 0 aliphatic carbocycles. The van der Waals surface area contributed by atoms with E-state index in [0.717, 1.165) is 21.7 Å². The Morgan fingerprint density at radius 1 is 1.47 bits per heavy atom. The van der Waals surface area contributed by atoms with Crippen LogP contribution in [0.5, 0.6) is 5.75 Å². The van der Waals surface area contributed by atoms with Crippen LogP contribution in [0.2, 0.25) is 0 Å². The van der Waals surface area contributed by atoms with E-state index >= 15 is 0 Å². The molecule has 3 nitrogen and oxygen atoms in total. The molecule has 0 saturated heterocycles. The lowest BCUT2D eigenvalue weighted by Gasteiger charge is -2.06. The second-order valence-corrected chi connectivity index (χ2v) is 3.89. The van der Waals surface area contributed by atoms with Gasteiger partial charge in [0.05, 0.1) is 12.6 Å². The summed E-state index contributed by atoms with van der Waals surface area (Å²) in [6, 6.07) is 5.47. The van der Waals surface area contributed by atoms with Crippen LogP contribution >= 0.6 is 15.9 Å². The van der Waals surface area contributed by atoms with Gasteiger partial charge >= 0.3 is 0 Å².